The molecule has 0 atom stereocenters. The van der Waals surface area contributed by atoms with Crippen molar-refractivity contribution in [3.8, 4) is 0 Å². The third kappa shape index (κ3) is 5.90. The fourth-order valence-corrected chi connectivity index (χ4v) is 3.32. The van der Waals surface area contributed by atoms with Crippen LogP contribution in [-0.4, -0.2) is 24.6 Å². The van der Waals surface area contributed by atoms with E-state index in [1.165, 1.54) is 7.11 Å². The number of allylic oxidation sites excluding steroid dienone is 1. The molecule has 0 saturated carbocycles. The van der Waals surface area contributed by atoms with Crippen LogP contribution >= 0.6 is 27.5 Å². The second-order valence-electron chi connectivity index (χ2n) is 6.34. The van der Waals surface area contributed by atoms with E-state index in [1.54, 1.807) is 24.3 Å². The molecular formula is C24H18BrClN2O3. The van der Waals surface area contributed by atoms with E-state index in [9.17, 15) is 9.59 Å². The minimum absolute atomic E-state index is 0.0945. The largest absolute Gasteiger partial charge is 0.464 e. The molecule has 0 radical (unpaired) electrons. The third-order valence-electron chi connectivity index (χ3n) is 4.27. The van der Waals surface area contributed by atoms with Crippen LogP contribution < -0.4 is 5.43 Å². The normalized spacial score (nSPS) is 11.7. The van der Waals surface area contributed by atoms with Gasteiger partial charge in [0.1, 0.15) is 5.70 Å². The van der Waals surface area contributed by atoms with Crippen molar-refractivity contribution in [2.45, 2.75) is 0 Å². The predicted octanol–water partition coefficient (Wildman–Crippen LogP) is 5.38. The number of hydrogen-bond donors (Lipinski definition) is 1. The summed E-state index contributed by atoms with van der Waals surface area (Å²) in [5.41, 5.74) is 5.23. The summed E-state index contributed by atoms with van der Waals surface area (Å²) >= 11 is 9.41. The molecule has 3 aromatic rings. The van der Waals surface area contributed by atoms with Crippen molar-refractivity contribution < 1.29 is 14.3 Å². The predicted molar refractivity (Wildman–Crippen MR) is 125 cm³/mol. The van der Waals surface area contributed by atoms with E-state index in [0.29, 0.717) is 16.3 Å². The van der Waals surface area contributed by atoms with Gasteiger partial charge in [0.2, 0.25) is 0 Å². The number of carbonyl (C=O) groups is 2. The van der Waals surface area contributed by atoms with E-state index in [-0.39, 0.29) is 11.5 Å². The van der Waals surface area contributed by atoms with Crippen molar-refractivity contribution in [1.82, 2.24) is 5.43 Å². The van der Waals surface area contributed by atoms with Gasteiger partial charge in [0.15, 0.2) is 5.78 Å². The van der Waals surface area contributed by atoms with Crippen LogP contribution in [-0.2, 0) is 9.53 Å². The van der Waals surface area contributed by atoms with Crippen LogP contribution in [0.1, 0.15) is 21.5 Å². The summed E-state index contributed by atoms with van der Waals surface area (Å²) in [5.74, 6) is -1.10. The van der Waals surface area contributed by atoms with Crippen molar-refractivity contribution >= 4 is 45.0 Å². The maximum atomic E-state index is 12.6. The molecule has 0 saturated heterocycles. The van der Waals surface area contributed by atoms with Crippen molar-refractivity contribution in [3.63, 3.8) is 0 Å². The average molecular weight is 498 g/mol. The van der Waals surface area contributed by atoms with Crippen LogP contribution in [0.15, 0.2) is 100 Å². The highest BCUT2D eigenvalue weighted by Crippen LogP contribution is 2.20. The first kappa shape index (κ1) is 22.5. The molecule has 0 aliphatic carbocycles. The topological polar surface area (TPSA) is 67.8 Å². The first-order valence-electron chi connectivity index (χ1n) is 9.23. The summed E-state index contributed by atoms with van der Waals surface area (Å²) in [6, 6.07) is 23.4. The van der Waals surface area contributed by atoms with Crippen molar-refractivity contribution in [2.24, 2.45) is 5.10 Å². The molecule has 0 amide bonds. The smallest absolute Gasteiger partial charge is 0.356 e. The van der Waals surface area contributed by atoms with E-state index in [2.05, 4.69) is 26.5 Å². The summed E-state index contributed by atoms with van der Waals surface area (Å²) in [4.78, 5) is 24.9. The van der Waals surface area contributed by atoms with Crippen molar-refractivity contribution in [2.75, 3.05) is 7.11 Å². The zero-order valence-electron chi connectivity index (χ0n) is 16.5. The Kier molecular flexibility index (Phi) is 7.76. The fourth-order valence-electron chi connectivity index (χ4n) is 2.72. The fraction of sp³-hybridized carbons (Fsp3) is 0.0417. The average Bonchev–Trinajstić information content (AvgIpc) is 2.80. The number of nitrogens with one attached hydrogen (secondary N) is 1. The van der Waals surface area contributed by atoms with E-state index < -0.39 is 5.97 Å². The van der Waals surface area contributed by atoms with Crippen LogP contribution in [0, 0.1) is 0 Å². The molecule has 3 aromatic carbocycles. The number of hydrogen-bond acceptors (Lipinski definition) is 5. The van der Waals surface area contributed by atoms with Crippen LogP contribution in [0.5, 0.6) is 0 Å². The first-order valence-corrected chi connectivity index (χ1v) is 10.4. The maximum Gasteiger partial charge on any atom is 0.356 e. The highest BCUT2D eigenvalue weighted by molar-refractivity contribution is 9.10. The monoisotopic (exact) mass is 496 g/mol. The summed E-state index contributed by atoms with van der Waals surface area (Å²) in [7, 11) is 1.24. The summed E-state index contributed by atoms with van der Waals surface area (Å²) in [5, 5.41) is 4.96. The number of esters is 1. The molecule has 0 bridgehead atoms. The van der Waals surface area contributed by atoms with E-state index >= 15 is 0 Å². The van der Waals surface area contributed by atoms with Gasteiger partial charge in [-0.2, -0.15) is 5.10 Å². The number of ketones is 1. The Bertz CT molecular complexity index is 1140. The van der Waals surface area contributed by atoms with Gasteiger partial charge in [0, 0.05) is 32.3 Å². The molecule has 0 fully saturated rings. The molecule has 3 rings (SSSR count). The number of carbonyl (C=O) groups excluding carboxylic acids is 2. The Morgan fingerprint density at radius 3 is 2.23 bits per heavy atom. The Balaban J connectivity index is 2.00. The molecule has 0 aromatic heterocycles. The Hall–Kier alpha value is -3.22. The lowest BCUT2D eigenvalue weighted by atomic mass is 10.0. The highest BCUT2D eigenvalue weighted by Gasteiger charge is 2.15. The molecule has 0 aliphatic heterocycles. The van der Waals surface area contributed by atoms with E-state index in [4.69, 9.17) is 16.3 Å². The van der Waals surface area contributed by atoms with Gasteiger partial charge in [-0.1, -0.05) is 76.1 Å². The second kappa shape index (κ2) is 10.7. The molecule has 0 unspecified atom stereocenters. The lowest BCUT2D eigenvalue weighted by Gasteiger charge is -2.11. The number of methoxy groups -OCH3 is 1. The SMILES string of the molecule is COC(=O)/C(=C/C(=O)c1ccc(Cl)cc1)N/N=C(/c1ccccc1)c1ccccc1Br. The van der Waals surface area contributed by atoms with Gasteiger partial charge in [-0.15, -0.1) is 0 Å². The third-order valence-corrected chi connectivity index (χ3v) is 5.22. The maximum absolute atomic E-state index is 12.6. The second-order valence-corrected chi connectivity index (χ2v) is 7.63. The minimum atomic E-state index is -0.717. The lowest BCUT2D eigenvalue weighted by Crippen LogP contribution is -2.21. The Labute approximate surface area is 193 Å². The molecule has 0 spiro atoms. The molecule has 1 N–H and O–H groups in total. The number of hydrazone groups is 1. The summed E-state index contributed by atoms with van der Waals surface area (Å²) < 4.78 is 5.65. The van der Waals surface area contributed by atoms with Gasteiger partial charge in [-0.25, -0.2) is 4.79 Å². The van der Waals surface area contributed by atoms with Gasteiger partial charge < -0.3 is 4.74 Å². The first-order chi connectivity index (χ1) is 15.0. The molecule has 7 heteroatoms. The Morgan fingerprint density at radius 1 is 0.935 bits per heavy atom. The molecule has 5 nitrogen and oxygen atoms in total. The lowest BCUT2D eigenvalue weighted by molar-refractivity contribution is -0.136. The van der Waals surface area contributed by atoms with Crippen LogP contribution in [0.25, 0.3) is 0 Å². The van der Waals surface area contributed by atoms with Gasteiger partial charge in [0.25, 0.3) is 0 Å². The van der Waals surface area contributed by atoms with Gasteiger partial charge in [0.05, 0.1) is 12.8 Å². The summed E-state index contributed by atoms with van der Waals surface area (Å²) in [6.07, 6.45) is 1.15. The molecule has 31 heavy (non-hydrogen) atoms. The standard InChI is InChI=1S/C24H18BrClN2O3/c1-31-24(30)21(15-22(29)16-11-13-18(26)14-12-16)27-28-23(17-7-3-2-4-8-17)19-9-5-6-10-20(19)25/h2-15,27H,1H3/b21-15-,28-23-. The number of nitrogens with zero attached hydrogens (tertiary/aromatic N) is 1. The molecule has 0 aliphatic rings. The van der Waals surface area contributed by atoms with Gasteiger partial charge in [-0.3, -0.25) is 10.2 Å². The zero-order valence-corrected chi connectivity index (χ0v) is 18.9. The Morgan fingerprint density at radius 2 is 1.58 bits per heavy atom. The number of ether oxygens (including phenoxy) is 1. The van der Waals surface area contributed by atoms with Crippen LogP contribution in [0.3, 0.4) is 0 Å². The quantitative estimate of drug-likeness (QED) is 0.156. The number of rotatable bonds is 7. The minimum Gasteiger partial charge on any atom is -0.464 e. The molecule has 156 valence electrons. The van der Waals surface area contributed by atoms with Crippen LogP contribution in [0.4, 0.5) is 0 Å². The molecule has 0 heterocycles. The van der Waals surface area contributed by atoms with Crippen LogP contribution in [0.2, 0.25) is 5.02 Å². The molecular weight excluding hydrogens is 480 g/mol. The zero-order chi connectivity index (χ0) is 22.2. The summed E-state index contributed by atoms with van der Waals surface area (Å²) in [6.45, 7) is 0. The van der Waals surface area contributed by atoms with Crippen molar-refractivity contribution in [3.05, 3.63) is 117 Å². The van der Waals surface area contributed by atoms with Gasteiger partial charge in [-0.05, 0) is 30.3 Å². The van der Waals surface area contributed by atoms with E-state index in [1.807, 2.05) is 54.6 Å². The van der Waals surface area contributed by atoms with Crippen molar-refractivity contribution in [1.29, 1.82) is 0 Å². The number of halogens is 2. The van der Waals surface area contributed by atoms with E-state index in [0.717, 1.165) is 21.7 Å². The highest BCUT2D eigenvalue weighted by atomic mass is 79.9. The van der Waals surface area contributed by atoms with Gasteiger partial charge >= 0.3 is 5.97 Å². The number of benzene rings is 3.